The SMILES string of the molecule is CCc1cc(CC2CCCCN2CCCCc2cccc(C(F)(F)F)c2)ccc1I. The van der Waals surface area contributed by atoms with Crippen LogP contribution in [0, 0.1) is 3.57 Å². The molecule has 0 amide bonds. The Morgan fingerprint density at radius 1 is 1.03 bits per heavy atom. The standard InChI is InChI=1S/C25H31F3IN/c1-2-21-16-20(12-13-24(21)29)18-23-11-4-6-15-30(23)14-5-3-8-19-9-7-10-22(17-19)25(26,27)28/h7,9-10,12-13,16-17,23H,2-6,8,11,14-15,18H2,1H3. The van der Waals surface area contributed by atoms with E-state index in [9.17, 15) is 13.2 Å². The first-order valence-corrected chi connectivity index (χ1v) is 12.1. The number of rotatable bonds is 8. The first-order valence-electron chi connectivity index (χ1n) is 11.0. The molecule has 2 aromatic rings. The van der Waals surface area contributed by atoms with Crippen LogP contribution in [0.3, 0.4) is 0 Å². The van der Waals surface area contributed by atoms with E-state index in [1.807, 2.05) is 0 Å². The van der Waals surface area contributed by atoms with Gasteiger partial charge in [0.2, 0.25) is 0 Å². The van der Waals surface area contributed by atoms with E-state index in [-0.39, 0.29) is 0 Å². The maximum absolute atomic E-state index is 12.9. The zero-order chi connectivity index (χ0) is 21.6. The lowest BCUT2D eigenvalue weighted by atomic mass is 9.94. The Kier molecular flexibility index (Phi) is 8.63. The highest BCUT2D eigenvalue weighted by atomic mass is 127. The molecule has 1 aliphatic heterocycles. The first kappa shape index (κ1) is 23.6. The summed E-state index contributed by atoms with van der Waals surface area (Å²) in [6, 6.07) is 13.2. The third kappa shape index (κ3) is 6.71. The van der Waals surface area contributed by atoms with Gasteiger partial charge in [-0.2, -0.15) is 13.2 Å². The summed E-state index contributed by atoms with van der Waals surface area (Å²) < 4.78 is 40.0. The average Bonchev–Trinajstić information content (AvgIpc) is 2.73. The quantitative estimate of drug-likeness (QED) is 0.256. The first-order chi connectivity index (χ1) is 14.4. The smallest absolute Gasteiger partial charge is 0.300 e. The minimum Gasteiger partial charge on any atom is -0.300 e. The highest BCUT2D eigenvalue weighted by Gasteiger charge is 2.30. The second kappa shape index (κ2) is 11.0. The molecule has 1 fully saturated rings. The topological polar surface area (TPSA) is 3.24 Å². The number of hydrogen-bond donors (Lipinski definition) is 0. The summed E-state index contributed by atoms with van der Waals surface area (Å²) in [6.45, 7) is 4.38. The zero-order valence-electron chi connectivity index (χ0n) is 17.6. The molecule has 2 aromatic carbocycles. The second-order valence-electron chi connectivity index (χ2n) is 8.32. The number of nitrogens with zero attached hydrogens (tertiary/aromatic N) is 1. The molecule has 164 valence electrons. The molecule has 1 nitrogen and oxygen atoms in total. The van der Waals surface area contributed by atoms with E-state index in [1.165, 1.54) is 46.1 Å². The number of aryl methyl sites for hydroxylation is 2. The normalized spacial score (nSPS) is 18.0. The van der Waals surface area contributed by atoms with Crippen molar-refractivity contribution in [1.82, 2.24) is 4.90 Å². The predicted octanol–water partition coefficient (Wildman–Crippen LogP) is 7.29. The van der Waals surface area contributed by atoms with Gasteiger partial charge >= 0.3 is 6.18 Å². The highest BCUT2D eigenvalue weighted by molar-refractivity contribution is 14.1. The lowest BCUT2D eigenvalue weighted by Gasteiger charge is -2.36. The molecular formula is C25H31F3IN. The van der Waals surface area contributed by atoms with Crippen molar-refractivity contribution in [3.8, 4) is 0 Å². The van der Waals surface area contributed by atoms with Gasteiger partial charge in [0.1, 0.15) is 0 Å². The number of halogens is 4. The molecule has 0 aromatic heterocycles. The van der Waals surface area contributed by atoms with Crippen molar-refractivity contribution in [3.05, 3.63) is 68.3 Å². The van der Waals surface area contributed by atoms with E-state index in [1.54, 1.807) is 6.07 Å². The number of likely N-dealkylation sites (tertiary alicyclic amines) is 1. The van der Waals surface area contributed by atoms with Crippen LogP contribution in [0.4, 0.5) is 13.2 Å². The largest absolute Gasteiger partial charge is 0.416 e. The van der Waals surface area contributed by atoms with E-state index >= 15 is 0 Å². The number of unbranched alkanes of at least 4 members (excludes halogenated alkanes) is 1. The molecule has 1 saturated heterocycles. The van der Waals surface area contributed by atoms with Crippen LogP contribution in [0.1, 0.15) is 61.3 Å². The summed E-state index contributed by atoms with van der Waals surface area (Å²) in [5.41, 5.74) is 3.09. The lowest BCUT2D eigenvalue weighted by Crippen LogP contribution is -2.41. The van der Waals surface area contributed by atoms with Crippen molar-refractivity contribution in [3.63, 3.8) is 0 Å². The molecule has 1 heterocycles. The monoisotopic (exact) mass is 529 g/mol. The van der Waals surface area contributed by atoms with Crippen molar-refractivity contribution in [1.29, 1.82) is 0 Å². The van der Waals surface area contributed by atoms with Crippen LogP contribution >= 0.6 is 22.6 Å². The fourth-order valence-corrected chi connectivity index (χ4v) is 5.15. The van der Waals surface area contributed by atoms with Crippen LogP contribution in [0.25, 0.3) is 0 Å². The van der Waals surface area contributed by atoms with Gasteiger partial charge in [0.15, 0.2) is 0 Å². The van der Waals surface area contributed by atoms with E-state index in [2.05, 4.69) is 52.6 Å². The van der Waals surface area contributed by atoms with Crippen LogP contribution in [0.15, 0.2) is 42.5 Å². The Morgan fingerprint density at radius 3 is 2.63 bits per heavy atom. The van der Waals surface area contributed by atoms with E-state index < -0.39 is 11.7 Å². The Bertz CT molecular complexity index is 818. The molecular weight excluding hydrogens is 498 g/mol. The van der Waals surface area contributed by atoms with Gasteiger partial charge in [-0.05, 0) is 109 Å². The Morgan fingerprint density at radius 2 is 1.87 bits per heavy atom. The summed E-state index contributed by atoms with van der Waals surface area (Å²) in [4.78, 5) is 2.61. The Balaban J connectivity index is 1.51. The summed E-state index contributed by atoms with van der Waals surface area (Å²) in [5.74, 6) is 0. The zero-order valence-corrected chi connectivity index (χ0v) is 19.8. The van der Waals surface area contributed by atoms with Crippen LogP contribution < -0.4 is 0 Å². The van der Waals surface area contributed by atoms with Gasteiger partial charge in [-0.1, -0.05) is 43.7 Å². The molecule has 0 spiro atoms. The molecule has 0 aliphatic carbocycles. The molecule has 1 atom stereocenters. The number of alkyl halides is 3. The van der Waals surface area contributed by atoms with Gasteiger partial charge in [-0.15, -0.1) is 0 Å². The summed E-state index contributed by atoms with van der Waals surface area (Å²) >= 11 is 2.41. The predicted molar refractivity (Wildman–Crippen MR) is 126 cm³/mol. The summed E-state index contributed by atoms with van der Waals surface area (Å²) in [6.07, 6.45) is 4.33. The van der Waals surface area contributed by atoms with Crippen molar-refractivity contribution in [2.75, 3.05) is 13.1 Å². The van der Waals surface area contributed by atoms with E-state index in [4.69, 9.17) is 0 Å². The molecule has 0 radical (unpaired) electrons. The van der Waals surface area contributed by atoms with Crippen LogP contribution in [0.5, 0.6) is 0 Å². The molecule has 0 saturated carbocycles. The summed E-state index contributed by atoms with van der Waals surface area (Å²) in [7, 11) is 0. The Labute approximate surface area is 192 Å². The third-order valence-corrected chi connectivity index (χ3v) is 7.18. The fourth-order valence-electron chi connectivity index (χ4n) is 4.43. The average molecular weight is 529 g/mol. The van der Waals surface area contributed by atoms with Crippen molar-refractivity contribution in [2.24, 2.45) is 0 Å². The molecule has 30 heavy (non-hydrogen) atoms. The summed E-state index contributed by atoms with van der Waals surface area (Å²) in [5, 5.41) is 0. The van der Waals surface area contributed by atoms with Crippen molar-refractivity contribution >= 4 is 22.6 Å². The molecule has 1 unspecified atom stereocenters. The van der Waals surface area contributed by atoms with Crippen LogP contribution in [0.2, 0.25) is 0 Å². The van der Waals surface area contributed by atoms with Crippen molar-refractivity contribution < 1.29 is 13.2 Å². The lowest BCUT2D eigenvalue weighted by molar-refractivity contribution is -0.137. The van der Waals surface area contributed by atoms with Gasteiger partial charge in [0.05, 0.1) is 5.56 Å². The fraction of sp³-hybridized carbons (Fsp3) is 0.520. The van der Waals surface area contributed by atoms with Crippen LogP contribution in [-0.2, 0) is 25.4 Å². The van der Waals surface area contributed by atoms with Gasteiger partial charge in [0, 0.05) is 9.61 Å². The van der Waals surface area contributed by atoms with Crippen LogP contribution in [-0.4, -0.2) is 24.0 Å². The molecule has 0 bridgehead atoms. The maximum atomic E-state index is 12.9. The van der Waals surface area contributed by atoms with E-state index in [0.717, 1.165) is 50.4 Å². The van der Waals surface area contributed by atoms with Crippen molar-refractivity contribution in [2.45, 2.75) is 70.5 Å². The number of piperidine rings is 1. The van der Waals surface area contributed by atoms with Gasteiger partial charge in [-0.3, -0.25) is 0 Å². The van der Waals surface area contributed by atoms with Gasteiger partial charge < -0.3 is 4.90 Å². The van der Waals surface area contributed by atoms with E-state index in [0.29, 0.717) is 12.5 Å². The third-order valence-electron chi connectivity index (χ3n) is 6.13. The maximum Gasteiger partial charge on any atom is 0.416 e. The molecule has 5 heteroatoms. The number of hydrogen-bond acceptors (Lipinski definition) is 1. The molecule has 0 N–H and O–H groups in total. The Hall–Kier alpha value is -1.08. The minimum atomic E-state index is -4.26. The highest BCUT2D eigenvalue weighted by Crippen LogP contribution is 2.30. The number of benzene rings is 2. The molecule has 3 rings (SSSR count). The molecule has 1 aliphatic rings. The van der Waals surface area contributed by atoms with Gasteiger partial charge in [0.25, 0.3) is 0 Å². The second-order valence-corrected chi connectivity index (χ2v) is 9.49. The minimum absolute atomic E-state index is 0.542. The van der Waals surface area contributed by atoms with Gasteiger partial charge in [-0.25, -0.2) is 0 Å².